The maximum absolute atomic E-state index is 6.20. The summed E-state index contributed by atoms with van der Waals surface area (Å²) < 4.78 is 6.20. The molecule has 4 aromatic rings. The van der Waals surface area contributed by atoms with Gasteiger partial charge in [0, 0.05) is 17.0 Å². The van der Waals surface area contributed by atoms with Gasteiger partial charge < -0.3 is 4.42 Å². The van der Waals surface area contributed by atoms with E-state index in [-0.39, 0.29) is 0 Å². The summed E-state index contributed by atoms with van der Waals surface area (Å²) >= 11 is 0. The number of aryl methyl sites for hydroxylation is 4. The SMILES string of the molecule is Cc1cc(C)c(N=c2cc(-c3ccccc3)oc3ccc(C)cc23)c(C)c1. The van der Waals surface area contributed by atoms with Crippen LogP contribution in [0.3, 0.4) is 0 Å². The molecule has 0 bridgehead atoms. The zero-order valence-corrected chi connectivity index (χ0v) is 16.2. The van der Waals surface area contributed by atoms with Crippen LogP contribution in [0.25, 0.3) is 22.3 Å². The van der Waals surface area contributed by atoms with Crippen LogP contribution in [-0.2, 0) is 0 Å². The van der Waals surface area contributed by atoms with Gasteiger partial charge in [-0.25, -0.2) is 4.99 Å². The molecule has 0 spiro atoms. The van der Waals surface area contributed by atoms with Crippen LogP contribution >= 0.6 is 0 Å². The number of nitrogens with zero attached hydrogens (tertiary/aromatic N) is 1. The van der Waals surface area contributed by atoms with Crippen molar-refractivity contribution in [2.75, 3.05) is 0 Å². The maximum atomic E-state index is 6.20. The molecule has 4 rings (SSSR count). The number of benzene rings is 3. The van der Waals surface area contributed by atoms with Crippen molar-refractivity contribution in [1.82, 2.24) is 0 Å². The molecular formula is C25H23NO. The molecule has 3 aromatic carbocycles. The van der Waals surface area contributed by atoms with Gasteiger partial charge in [0.2, 0.25) is 0 Å². The zero-order chi connectivity index (χ0) is 19.0. The van der Waals surface area contributed by atoms with Crippen LogP contribution in [0.1, 0.15) is 22.3 Å². The summed E-state index contributed by atoms with van der Waals surface area (Å²) in [6.07, 6.45) is 0. The fourth-order valence-electron chi connectivity index (χ4n) is 3.59. The molecule has 0 aliphatic carbocycles. The Hall–Kier alpha value is -3.13. The van der Waals surface area contributed by atoms with Gasteiger partial charge in [0.25, 0.3) is 0 Å². The lowest BCUT2D eigenvalue weighted by molar-refractivity contribution is 0.618. The van der Waals surface area contributed by atoms with E-state index in [1.54, 1.807) is 0 Å². The first-order chi connectivity index (χ1) is 13.0. The first-order valence-electron chi connectivity index (χ1n) is 9.24. The first kappa shape index (κ1) is 17.3. The summed E-state index contributed by atoms with van der Waals surface area (Å²) in [5.41, 5.74) is 7.77. The molecule has 1 heterocycles. The average molecular weight is 353 g/mol. The van der Waals surface area contributed by atoms with Gasteiger partial charge in [-0.05, 0) is 51.0 Å². The van der Waals surface area contributed by atoms with Crippen molar-refractivity contribution in [3.8, 4) is 11.3 Å². The molecule has 27 heavy (non-hydrogen) atoms. The molecule has 0 aliphatic heterocycles. The molecule has 0 amide bonds. The third kappa shape index (κ3) is 3.43. The summed E-state index contributed by atoms with van der Waals surface area (Å²) in [6, 6.07) is 22.9. The second-order valence-corrected chi connectivity index (χ2v) is 7.22. The van der Waals surface area contributed by atoms with Crippen LogP contribution in [0.4, 0.5) is 5.69 Å². The van der Waals surface area contributed by atoms with Crippen LogP contribution in [0.15, 0.2) is 76.1 Å². The highest BCUT2D eigenvalue weighted by molar-refractivity contribution is 5.79. The second-order valence-electron chi connectivity index (χ2n) is 7.22. The summed E-state index contributed by atoms with van der Waals surface area (Å²) in [5, 5.41) is 1.97. The number of rotatable bonds is 2. The predicted octanol–water partition coefficient (Wildman–Crippen LogP) is 6.57. The molecule has 0 unspecified atom stereocenters. The van der Waals surface area contributed by atoms with Gasteiger partial charge in [-0.1, -0.05) is 59.7 Å². The van der Waals surface area contributed by atoms with Crippen molar-refractivity contribution in [1.29, 1.82) is 0 Å². The van der Waals surface area contributed by atoms with Crippen LogP contribution in [0.5, 0.6) is 0 Å². The number of hydrogen-bond acceptors (Lipinski definition) is 2. The molecular weight excluding hydrogens is 330 g/mol. The molecule has 1 aromatic heterocycles. The predicted molar refractivity (Wildman–Crippen MR) is 112 cm³/mol. The van der Waals surface area contributed by atoms with E-state index >= 15 is 0 Å². The topological polar surface area (TPSA) is 25.5 Å². The molecule has 0 aliphatic rings. The molecule has 2 heteroatoms. The van der Waals surface area contributed by atoms with E-state index in [4.69, 9.17) is 9.41 Å². The van der Waals surface area contributed by atoms with Gasteiger partial charge in [0.1, 0.15) is 11.3 Å². The van der Waals surface area contributed by atoms with Gasteiger partial charge in [-0.2, -0.15) is 0 Å². The summed E-state index contributed by atoms with van der Waals surface area (Å²) in [5.74, 6) is 0.827. The van der Waals surface area contributed by atoms with E-state index in [0.717, 1.165) is 33.3 Å². The van der Waals surface area contributed by atoms with Crippen molar-refractivity contribution in [3.05, 3.63) is 94.3 Å². The van der Waals surface area contributed by atoms with E-state index in [1.807, 2.05) is 24.3 Å². The van der Waals surface area contributed by atoms with Crippen LogP contribution in [0, 0.1) is 27.7 Å². The fourth-order valence-corrected chi connectivity index (χ4v) is 3.59. The van der Waals surface area contributed by atoms with Crippen LogP contribution < -0.4 is 5.36 Å². The van der Waals surface area contributed by atoms with Crippen molar-refractivity contribution in [2.45, 2.75) is 27.7 Å². The maximum Gasteiger partial charge on any atom is 0.136 e. The first-order valence-corrected chi connectivity index (χ1v) is 9.24. The van der Waals surface area contributed by atoms with Gasteiger partial charge in [-0.3, -0.25) is 0 Å². The lowest BCUT2D eigenvalue weighted by Gasteiger charge is -2.09. The molecule has 0 atom stereocenters. The molecule has 0 saturated carbocycles. The average Bonchev–Trinajstić information content (AvgIpc) is 2.65. The van der Waals surface area contributed by atoms with Crippen LogP contribution in [-0.4, -0.2) is 0 Å². The van der Waals surface area contributed by atoms with Crippen LogP contribution in [0.2, 0.25) is 0 Å². The van der Waals surface area contributed by atoms with Gasteiger partial charge in [-0.15, -0.1) is 0 Å². The molecule has 0 radical (unpaired) electrons. The lowest BCUT2D eigenvalue weighted by atomic mass is 10.0. The lowest BCUT2D eigenvalue weighted by Crippen LogP contribution is -2.04. The quantitative estimate of drug-likeness (QED) is 0.400. The van der Waals surface area contributed by atoms with Gasteiger partial charge in [0.05, 0.1) is 11.0 Å². The van der Waals surface area contributed by atoms with Crippen molar-refractivity contribution < 1.29 is 4.42 Å². The van der Waals surface area contributed by atoms with Crippen molar-refractivity contribution in [2.24, 2.45) is 4.99 Å². The normalized spacial score (nSPS) is 11.9. The third-order valence-corrected chi connectivity index (χ3v) is 4.82. The van der Waals surface area contributed by atoms with E-state index in [0.29, 0.717) is 0 Å². The standard InChI is InChI=1S/C25H23NO/c1-16-10-11-23-21(14-16)22(15-24(27-23)20-8-6-5-7-9-20)26-25-18(3)12-17(2)13-19(25)4/h5-15H,1-4H3. The Morgan fingerprint density at radius 3 is 2.11 bits per heavy atom. The minimum Gasteiger partial charge on any atom is -0.456 e. The number of hydrogen-bond donors (Lipinski definition) is 0. The molecule has 0 saturated heterocycles. The highest BCUT2D eigenvalue weighted by Crippen LogP contribution is 2.27. The highest BCUT2D eigenvalue weighted by Gasteiger charge is 2.08. The van der Waals surface area contributed by atoms with Crippen molar-refractivity contribution in [3.63, 3.8) is 0 Å². The summed E-state index contributed by atoms with van der Waals surface area (Å²) in [4.78, 5) is 5.08. The Morgan fingerprint density at radius 2 is 1.41 bits per heavy atom. The Kier molecular flexibility index (Phi) is 4.41. The smallest absolute Gasteiger partial charge is 0.136 e. The molecule has 0 N–H and O–H groups in total. The second kappa shape index (κ2) is 6.88. The Balaban J connectivity index is 2.05. The zero-order valence-electron chi connectivity index (χ0n) is 16.2. The summed E-state index contributed by atoms with van der Waals surface area (Å²) in [6.45, 7) is 8.46. The number of fused-ring (bicyclic) bond motifs is 1. The minimum absolute atomic E-state index is 0.827. The Labute approximate surface area is 159 Å². The van der Waals surface area contributed by atoms with Gasteiger partial charge in [0.15, 0.2) is 0 Å². The van der Waals surface area contributed by atoms with Gasteiger partial charge >= 0.3 is 0 Å². The highest BCUT2D eigenvalue weighted by atomic mass is 16.3. The van der Waals surface area contributed by atoms with E-state index in [9.17, 15) is 0 Å². The van der Waals surface area contributed by atoms with E-state index in [2.05, 4.69) is 70.2 Å². The molecule has 0 fully saturated rings. The Morgan fingerprint density at radius 1 is 0.704 bits per heavy atom. The molecule has 134 valence electrons. The minimum atomic E-state index is 0.827. The monoisotopic (exact) mass is 353 g/mol. The van der Waals surface area contributed by atoms with Crippen molar-refractivity contribution >= 4 is 16.7 Å². The van der Waals surface area contributed by atoms with E-state index < -0.39 is 0 Å². The largest absolute Gasteiger partial charge is 0.456 e. The van der Waals surface area contributed by atoms with E-state index in [1.165, 1.54) is 22.3 Å². The third-order valence-electron chi connectivity index (χ3n) is 4.82. The Bertz CT molecular complexity index is 1180. The fraction of sp³-hybridized carbons (Fsp3) is 0.160. The summed E-state index contributed by atoms with van der Waals surface area (Å²) in [7, 11) is 0. The molecule has 2 nitrogen and oxygen atoms in total.